The summed E-state index contributed by atoms with van der Waals surface area (Å²) in [6.45, 7) is 4.05. The average molecular weight is 417 g/mol. The van der Waals surface area contributed by atoms with E-state index in [4.69, 9.17) is 0 Å². The Morgan fingerprint density at radius 1 is 1.12 bits per heavy atom. The summed E-state index contributed by atoms with van der Waals surface area (Å²) in [7, 11) is 0. The second kappa shape index (κ2) is 6.34. The molecule has 1 aromatic carbocycles. The van der Waals surface area contributed by atoms with E-state index in [1.807, 2.05) is 26.0 Å². The van der Waals surface area contributed by atoms with Gasteiger partial charge in [-0.25, -0.2) is 0 Å². The number of amides is 3. The van der Waals surface area contributed by atoms with Gasteiger partial charge in [0.1, 0.15) is 0 Å². The molecule has 5 nitrogen and oxygen atoms in total. The van der Waals surface area contributed by atoms with Gasteiger partial charge < -0.3 is 5.32 Å². The van der Waals surface area contributed by atoms with Crippen molar-refractivity contribution < 1.29 is 14.4 Å². The van der Waals surface area contributed by atoms with Crippen molar-refractivity contribution in [3.05, 3.63) is 39.9 Å². The van der Waals surface area contributed by atoms with Gasteiger partial charge in [0.15, 0.2) is 0 Å². The van der Waals surface area contributed by atoms with Crippen LogP contribution < -0.4 is 5.32 Å². The summed E-state index contributed by atoms with van der Waals surface area (Å²) in [4.78, 5) is 38.9. The van der Waals surface area contributed by atoms with Crippen molar-refractivity contribution in [1.29, 1.82) is 0 Å². The van der Waals surface area contributed by atoms with Crippen LogP contribution in [-0.4, -0.2) is 29.2 Å². The van der Waals surface area contributed by atoms with Gasteiger partial charge in [-0.2, -0.15) is 0 Å². The van der Waals surface area contributed by atoms with E-state index < -0.39 is 0 Å². The maximum Gasteiger partial charge on any atom is 0.233 e. The first-order valence-corrected chi connectivity index (χ1v) is 9.76. The van der Waals surface area contributed by atoms with Crippen molar-refractivity contribution in [3.63, 3.8) is 0 Å². The SMILES string of the molecule is Cc1cc(NC(=O)CCN2C(=O)[C@H]3[C@H](C2=O)[C@H]2C=C[C@H]3C2)c(C)cc1Br. The molecule has 0 unspecified atom stereocenters. The Morgan fingerprint density at radius 2 is 1.73 bits per heavy atom. The largest absolute Gasteiger partial charge is 0.326 e. The Kier molecular flexibility index (Phi) is 4.26. The quantitative estimate of drug-likeness (QED) is 0.605. The molecule has 1 aliphatic heterocycles. The van der Waals surface area contributed by atoms with Crippen LogP contribution in [0.25, 0.3) is 0 Å². The monoisotopic (exact) mass is 416 g/mol. The lowest BCUT2D eigenvalue weighted by molar-refractivity contribution is -0.140. The Labute approximate surface area is 160 Å². The summed E-state index contributed by atoms with van der Waals surface area (Å²) in [5.41, 5.74) is 2.75. The number of benzene rings is 1. The number of hydrogen-bond donors (Lipinski definition) is 1. The lowest BCUT2D eigenvalue weighted by Crippen LogP contribution is -2.35. The number of anilines is 1. The molecular weight excluding hydrogens is 396 g/mol. The van der Waals surface area contributed by atoms with Crippen LogP contribution in [0.3, 0.4) is 0 Å². The molecule has 2 aliphatic carbocycles. The van der Waals surface area contributed by atoms with Gasteiger partial charge in [0.2, 0.25) is 17.7 Å². The Hall–Kier alpha value is -1.95. The van der Waals surface area contributed by atoms with Crippen molar-refractivity contribution in [2.24, 2.45) is 23.7 Å². The van der Waals surface area contributed by atoms with Crippen LogP contribution in [0.15, 0.2) is 28.8 Å². The maximum atomic E-state index is 12.6. The fourth-order valence-corrected chi connectivity index (χ4v) is 4.98. The van der Waals surface area contributed by atoms with Gasteiger partial charge in [-0.15, -0.1) is 0 Å². The van der Waals surface area contributed by atoms with E-state index in [-0.39, 0.29) is 54.4 Å². The van der Waals surface area contributed by atoms with E-state index in [1.165, 1.54) is 4.90 Å². The minimum Gasteiger partial charge on any atom is -0.326 e. The van der Waals surface area contributed by atoms with E-state index in [0.717, 1.165) is 27.7 Å². The number of nitrogens with one attached hydrogen (secondary N) is 1. The highest BCUT2D eigenvalue weighted by atomic mass is 79.9. The number of imide groups is 1. The van der Waals surface area contributed by atoms with Crippen molar-refractivity contribution in [2.75, 3.05) is 11.9 Å². The molecule has 3 amide bonds. The zero-order valence-corrected chi connectivity index (χ0v) is 16.4. The third kappa shape index (κ3) is 2.71. The zero-order chi connectivity index (χ0) is 18.6. The van der Waals surface area contributed by atoms with E-state index in [1.54, 1.807) is 0 Å². The normalized spacial score (nSPS) is 28.8. The number of hydrogen-bond acceptors (Lipinski definition) is 3. The molecule has 2 fully saturated rings. The zero-order valence-electron chi connectivity index (χ0n) is 14.8. The van der Waals surface area contributed by atoms with E-state index >= 15 is 0 Å². The fourth-order valence-electron chi connectivity index (χ4n) is 4.53. The Balaban J connectivity index is 1.39. The summed E-state index contributed by atoms with van der Waals surface area (Å²) in [6.07, 6.45) is 5.19. The van der Waals surface area contributed by atoms with E-state index in [9.17, 15) is 14.4 Å². The molecule has 6 heteroatoms. The lowest BCUT2D eigenvalue weighted by Gasteiger charge is -2.17. The number of likely N-dealkylation sites (tertiary alicyclic amines) is 1. The van der Waals surface area contributed by atoms with Crippen molar-refractivity contribution >= 4 is 39.3 Å². The highest BCUT2D eigenvalue weighted by Crippen LogP contribution is 2.52. The van der Waals surface area contributed by atoms with Crippen molar-refractivity contribution in [3.8, 4) is 0 Å². The number of carbonyl (C=O) groups is 3. The molecular formula is C20H21BrN2O3. The standard InChI is InChI=1S/C20H21BrN2O3/c1-10-8-15(11(2)7-14(10)21)22-16(24)5-6-23-19(25)17-12-3-4-13(9-12)18(17)20(23)26/h3-4,7-8,12-13,17-18H,5-6,9H2,1-2H3,(H,22,24)/t12-,13-,17+,18+/m0/s1. The van der Waals surface area contributed by atoms with Crippen LogP contribution in [0.4, 0.5) is 5.69 Å². The second-order valence-electron chi connectivity index (χ2n) is 7.54. The van der Waals surface area contributed by atoms with Gasteiger partial charge in [0.05, 0.1) is 11.8 Å². The third-order valence-electron chi connectivity index (χ3n) is 5.90. The lowest BCUT2D eigenvalue weighted by atomic mass is 9.85. The first-order chi connectivity index (χ1) is 12.4. The van der Waals surface area contributed by atoms with Crippen LogP contribution in [0.5, 0.6) is 0 Å². The Bertz CT molecular complexity index is 818. The predicted molar refractivity (Wildman–Crippen MR) is 101 cm³/mol. The first kappa shape index (κ1) is 17.5. The predicted octanol–water partition coefficient (Wildman–Crippen LogP) is 3.20. The molecule has 4 atom stereocenters. The highest BCUT2D eigenvalue weighted by molar-refractivity contribution is 9.10. The van der Waals surface area contributed by atoms with Crippen LogP contribution in [0.2, 0.25) is 0 Å². The summed E-state index contributed by atoms with van der Waals surface area (Å²) in [5.74, 6) is -0.370. The van der Waals surface area contributed by atoms with Crippen LogP contribution in [0, 0.1) is 37.5 Å². The van der Waals surface area contributed by atoms with Gasteiger partial charge in [0.25, 0.3) is 0 Å². The molecule has 3 aliphatic rings. The molecule has 1 heterocycles. The second-order valence-corrected chi connectivity index (χ2v) is 8.40. The number of halogens is 1. The van der Waals surface area contributed by atoms with Crippen LogP contribution in [-0.2, 0) is 14.4 Å². The molecule has 136 valence electrons. The Morgan fingerprint density at radius 3 is 2.35 bits per heavy atom. The third-order valence-corrected chi connectivity index (χ3v) is 6.76. The number of rotatable bonds is 4. The smallest absolute Gasteiger partial charge is 0.233 e. The summed E-state index contributed by atoms with van der Waals surface area (Å²) in [5, 5.41) is 2.89. The molecule has 1 saturated carbocycles. The minimum absolute atomic E-state index is 0.0969. The summed E-state index contributed by atoms with van der Waals surface area (Å²) < 4.78 is 0.996. The van der Waals surface area contributed by atoms with Gasteiger partial charge in [-0.3, -0.25) is 19.3 Å². The molecule has 1 aromatic rings. The highest BCUT2D eigenvalue weighted by Gasteiger charge is 2.58. The van der Waals surface area contributed by atoms with Gasteiger partial charge >= 0.3 is 0 Å². The molecule has 1 N–H and O–H groups in total. The summed E-state index contributed by atoms with van der Waals surface area (Å²) >= 11 is 3.47. The average Bonchev–Trinajstić information content (AvgIpc) is 3.26. The maximum absolute atomic E-state index is 12.6. The minimum atomic E-state index is -0.197. The van der Waals surface area contributed by atoms with Crippen molar-refractivity contribution in [1.82, 2.24) is 4.90 Å². The number of aryl methyl sites for hydroxylation is 2. The van der Waals surface area contributed by atoms with Crippen molar-refractivity contribution in [2.45, 2.75) is 26.7 Å². The van der Waals surface area contributed by atoms with E-state index in [2.05, 4.69) is 33.4 Å². The molecule has 0 spiro atoms. The molecule has 26 heavy (non-hydrogen) atoms. The molecule has 4 rings (SSSR count). The fraction of sp³-hybridized carbons (Fsp3) is 0.450. The number of fused-ring (bicyclic) bond motifs is 5. The first-order valence-electron chi connectivity index (χ1n) is 8.97. The van der Waals surface area contributed by atoms with E-state index in [0.29, 0.717) is 0 Å². The van der Waals surface area contributed by atoms with Gasteiger partial charge in [-0.05, 0) is 55.4 Å². The molecule has 0 aromatic heterocycles. The van der Waals surface area contributed by atoms with Crippen LogP contribution in [0.1, 0.15) is 24.0 Å². The molecule has 0 radical (unpaired) electrons. The summed E-state index contributed by atoms with van der Waals surface area (Å²) in [6, 6.07) is 3.87. The van der Waals surface area contributed by atoms with Crippen LogP contribution >= 0.6 is 15.9 Å². The topological polar surface area (TPSA) is 66.5 Å². The van der Waals surface area contributed by atoms with Gasteiger partial charge in [0, 0.05) is 23.1 Å². The number of nitrogens with zero attached hydrogens (tertiary/aromatic N) is 1. The number of carbonyl (C=O) groups excluding carboxylic acids is 3. The molecule has 2 bridgehead atoms. The number of allylic oxidation sites excluding steroid dienone is 2. The van der Waals surface area contributed by atoms with Gasteiger partial charge in [-0.1, -0.05) is 28.1 Å². The molecule has 1 saturated heterocycles.